The Balaban J connectivity index is 0.000000638. The molecule has 3 rings (SSSR count). The number of carbonyl (C=O) groups excluding carboxylic acids is 2. The van der Waals surface area contributed by atoms with E-state index in [-0.39, 0.29) is 37.9 Å². The Morgan fingerprint density at radius 3 is 2.21 bits per heavy atom. The van der Waals surface area contributed by atoms with Gasteiger partial charge < -0.3 is 30.5 Å². The Morgan fingerprint density at radius 2 is 1.71 bits per heavy atom. The third kappa shape index (κ3) is 7.94. The van der Waals surface area contributed by atoms with Crippen LogP contribution in [0.4, 0.5) is 18.9 Å². The highest BCUT2D eigenvalue weighted by Crippen LogP contribution is 2.30. The SMILES string of the molecule is CCN1C(=O)CN(CCC(=O)O)C(=O)c2cc(OCc3ccc(C(=N)N)cc3)ccc21.O=C(O)C(F)(F)F. The summed E-state index contributed by atoms with van der Waals surface area (Å²) in [6.45, 7) is 2.21. The number of rotatable bonds is 8. The average molecular weight is 538 g/mol. The van der Waals surface area contributed by atoms with Gasteiger partial charge in [-0.05, 0) is 30.7 Å². The molecular formula is C24H25F3N4O7. The molecule has 11 nitrogen and oxygen atoms in total. The molecule has 0 saturated carbocycles. The molecule has 0 aliphatic carbocycles. The van der Waals surface area contributed by atoms with Gasteiger partial charge in [0.25, 0.3) is 5.91 Å². The van der Waals surface area contributed by atoms with E-state index in [0.29, 0.717) is 29.1 Å². The summed E-state index contributed by atoms with van der Waals surface area (Å²) in [5.74, 6) is -4.03. The van der Waals surface area contributed by atoms with Crippen molar-refractivity contribution < 1.29 is 47.3 Å². The highest BCUT2D eigenvalue weighted by atomic mass is 19.4. The van der Waals surface area contributed by atoms with Crippen molar-refractivity contribution in [2.24, 2.45) is 5.73 Å². The van der Waals surface area contributed by atoms with Crippen LogP contribution >= 0.6 is 0 Å². The number of halogens is 3. The van der Waals surface area contributed by atoms with Crippen molar-refractivity contribution in [3.05, 3.63) is 59.2 Å². The van der Waals surface area contributed by atoms with Gasteiger partial charge in [-0.3, -0.25) is 19.8 Å². The second-order valence-electron chi connectivity index (χ2n) is 7.89. The maximum Gasteiger partial charge on any atom is 0.490 e. The molecule has 5 N–H and O–H groups in total. The number of amides is 2. The van der Waals surface area contributed by atoms with E-state index >= 15 is 0 Å². The fraction of sp³-hybridized carbons (Fsp3) is 0.292. The van der Waals surface area contributed by atoms with Crippen LogP contribution in [0.3, 0.4) is 0 Å². The molecule has 1 heterocycles. The largest absolute Gasteiger partial charge is 0.490 e. The van der Waals surface area contributed by atoms with Crippen molar-refractivity contribution in [2.45, 2.75) is 26.1 Å². The van der Waals surface area contributed by atoms with Gasteiger partial charge in [0.2, 0.25) is 5.91 Å². The highest BCUT2D eigenvalue weighted by Gasteiger charge is 2.38. The number of carboxylic acids is 2. The Bertz CT molecular complexity index is 1220. The predicted octanol–water partition coefficient (Wildman–Crippen LogP) is 2.47. The van der Waals surface area contributed by atoms with Crippen molar-refractivity contribution in [3.63, 3.8) is 0 Å². The number of nitrogen functional groups attached to an aromatic ring is 1. The maximum absolute atomic E-state index is 13.1. The van der Waals surface area contributed by atoms with E-state index in [0.717, 1.165) is 5.56 Å². The molecule has 38 heavy (non-hydrogen) atoms. The first kappa shape index (κ1) is 29.6. The summed E-state index contributed by atoms with van der Waals surface area (Å²) in [6, 6.07) is 12.0. The standard InChI is InChI=1S/C22H24N4O5.C2HF3O2/c1-2-26-18-8-7-16(31-13-14-3-5-15(6-4-14)21(23)24)11-17(18)22(30)25(12-19(26)27)10-9-20(28)29;3-2(4,5)1(6)7/h3-8,11H,2,9-10,12-13H2,1H3,(H3,23,24)(H,28,29);(H,6,7). The van der Waals surface area contributed by atoms with E-state index in [1.165, 1.54) is 9.80 Å². The van der Waals surface area contributed by atoms with Gasteiger partial charge in [0, 0.05) is 18.7 Å². The van der Waals surface area contributed by atoms with E-state index in [4.69, 9.17) is 30.9 Å². The van der Waals surface area contributed by atoms with E-state index in [2.05, 4.69) is 0 Å². The van der Waals surface area contributed by atoms with Crippen LogP contribution in [0, 0.1) is 5.41 Å². The Hall–Kier alpha value is -4.62. The van der Waals surface area contributed by atoms with E-state index < -0.39 is 24.0 Å². The minimum Gasteiger partial charge on any atom is -0.489 e. The molecule has 0 aromatic heterocycles. The van der Waals surface area contributed by atoms with Crippen LogP contribution < -0.4 is 15.4 Å². The van der Waals surface area contributed by atoms with Gasteiger partial charge in [-0.2, -0.15) is 13.2 Å². The molecule has 0 atom stereocenters. The van der Waals surface area contributed by atoms with Crippen LogP contribution in [0.1, 0.15) is 34.8 Å². The van der Waals surface area contributed by atoms with Crippen LogP contribution in [0.2, 0.25) is 0 Å². The number of nitrogens with one attached hydrogen (secondary N) is 1. The van der Waals surface area contributed by atoms with E-state index in [1.807, 2.05) is 6.92 Å². The number of hydrogen-bond donors (Lipinski definition) is 4. The molecule has 2 aromatic rings. The van der Waals surface area contributed by atoms with Crippen LogP contribution in [-0.2, 0) is 21.0 Å². The summed E-state index contributed by atoms with van der Waals surface area (Å²) < 4.78 is 37.6. The number of hydrogen-bond acceptors (Lipinski definition) is 6. The Morgan fingerprint density at radius 1 is 1.11 bits per heavy atom. The topological polar surface area (TPSA) is 174 Å². The molecule has 0 radical (unpaired) electrons. The molecular weight excluding hydrogens is 513 g/mol. The number of anilines is 1. The summed E-state index contributed by atoms with van der Waals surface area (Å²) in [7, 11) is 0. The molecule has 1 aliphatic rings. The highest BCUT2D eigenvalue weighted by molar-refractivity contribution is 6.10. The maximum atomic E-state index is 13.1. The monoisotopic (exact) mass is 538 g/mol. The quantitative estimate of drug-likeness (QED) is 0.293. The van der Waals surface area contributed by atoms with Gasteiger partial charge in [-0.1, -0.05) is 24.3 Å². The number of likely N-dealkylation sites (N-methyl/N-ethyl adjacent to an activating group) is 1. The van der Waals surface area contributed by atoms with Crippen molar-refractivity contribution in [1.29, 1.82) is 5.41 Å². The van der Waals surface area contributed by atoms with Gasteiger partial charge in [-0.15, -0.1) is 0 Å². The summed E-state index contributed by atoms with van der Waals surface area (Å²) >= 11 is 0. The lowest BCUT2D eigenvalue weighted by Crippen LogP contribution is -2.40. The first-order valence-electron chi connectivity index (χ1n) is 11.1. The fourth-order valence-corrected chi connectivity index (χ4v) is 3.34. The lowest BCUT2D eigenvalue weighted by molar-refractivity contribution is -0.192. The summed E-state index contributed by atoms with van der Waals surface area (Å²) in [5.41, 5.74) is 7.71. The molecule has 2 amide bonds. The third-order valence-electron chi connectivity index (χ3n) is 5.23. The molecule has 0 fully saturated rings. The molecule has 1 aliphatic heterocycles. The number of nitrogens with two attached hydrogens (primary N) is 1. The number of aliphatic carboxylic acids is 2. The summed E-state index contributed by atoms with van der Waals surface area (Å²) in [6.07, 6.45) is -5.33. The molecule has 204 valence electrons. The Labute approximate surface area is 214 Å². The fourth-order valence-electron chi connectivity index (χ4n) is 3.34. The Kier molecular flexibility index (Phi) is 9.79. The number of carboxylic acid groups (broad SMARTS) is 2. The minimum absolute atomic E-state index is 0.0146. The first-order chi connectivity index (χ1) is 17.7. The van der Waals surface area contributed by atoms with Gasteiger partial charge in [0.05, 0.1) is 17.7 Å². The molecule has 14 heteroatoms. The molecule has 0 spiro atoms. The van der Waals surface area contributed by atoms with Gasteiger partial charge in [0.1, 0.15) is 24.7 Å². The number of ether oxygens (including phenoxy) is 1. The summed E-state index contributed by atoms with van der Waals surface area (Å²) in [4.78, 5) is 48.3. The van der Waals surface area contributed by atoms with E-state index in [9.17, 15) is 27.6 Å². The van der Waals surface area contributed by atoms with Gasteiger partial charge in [-0.25, -0.2) is 4.79 Å². The van der Waals surface area contributed by atoms with Crippen molar-refractivity contribution in [1.82, 2.24) is 4.90 Å². The number of fused-ring (bicyclic) bond motifs is 1. The lowest BCUT2D eigenvalue weighted by atomic mass is 10.1. The minimum atomic E-state index is -5.08. The average Bonchev–Trinajstić information content (AvgIpc) is 2.95. The second kappa shape index (κ2) is 12.6. The normalized spacial score (nSPS) is 13.2. The zero-order chi connectivity index (χ0) is 28.6. The van der Waals surface area contributed by atoms with Crippen molar-refractivity contribution in [2.75, 3.05) is 24.5 Å². The predicted molar refractivity (Wildman–Crippen MR) is 128 cm³/mol. The molecule has 0 unspecified atom stereocenters. The van der Waals surface area contributed by atoms with Crippen molar-refractivity contribution in [3.8, 4) is 5.75 Å². The van der Waals surface area contributed by atoms with Crippen LogP contribution in [-0.4, -0.2) is 70.5 Å². The van der Waals surface area contributed by atoms with Gasteiger partial charge >= 0.3 is 18.1 Å². The first-order valence-corrected chi connectivity index (χ1v) is 11.1. The van der Waals surface area contributed by atoms with Crippen LogP contribution in [0.15, 0.2) is 42.5 Å². The molecule has 2 aromatic carbocycles. The molecule has 0 saturated heterocycles. The zero-order valence-electron chi connectivity index (χ0n) is 20.1. The van der Waals surface area contributed by atoms with E-state index in [1.54, 1.807) is 42.5 Å². The second-order valence-corrected chi connectivity index (χ2v) is 7.89. The lowest BCUT2D eigenvalue weighted by Gasteiger charge is -2.21. The van der Waals surface area contributed by atoms with Crippen molar-refractivity contribution >= 4 is 35.3 Å². The third-order valence-corrected chi connectivity index (χ3v) is 5.23. The van der Waals surface area contributed by atoms with Crippen LogP contribution in [0.25, 0.3) is 0 Å². The smallest absolute Gasteiger partial charge is 0.489 e. The van der Waals surface area contributed by atoms with Crippen LogP contribution in [0.5, 0.6) is 5.75 Å². The zero-order valence-corrected chi connectivity index (χ0v) is 20.1. The number of benzene rings is 2. The van der Waals surface area contributed by atoms with Gasteiger partial charge in [0.15, 0.2) is 0 Å². The molecule has 0 bridgehead atoms. The number of alkyl halides is 3. The number of nitrogens with zero attached hydrogens (tertiary/aromatic N) is 2. The number of carbonyl (C=O) groups is 4. The summed E-state index contributed by atoms with van der Waals surface area (Å²) in [5, 5.41) is 23.5. The number of amidine groups is 1.